The first-order valence-electron chi connectivity index (χ1n) is 8.67. The molecule has 144 valence electrons. The Morgan fingerprint density at radius 3 is 2.33 bits per heavy atom. The van der Waals surface area contributed by atoms with Crippen molar-refractivity contribution in [3.8, 4) is 0 Å². The lowest BCUT2D eigenvalue weighted by Gasteiger charge is -2.13. The van der Waals surface area contributed by atoms with E-state index in [2.05, 4.69) is 32.9 Å². The minimum Gasteiger partial charge on any atom is -0.385 e. The number of fused-ring (bicyclic) bond motifs is 1. The molecule has 0 saturated carbocycles. The molecular weight excluding hydrogens is 357 g/mol. The van der Waals surface area contributed by atoms with E-state index in [9.17, 15) is 13.2 Å². The number of aromatic nitrogens is 4. The summed E-state index contributed by atoms with van der Waals surface area (Å²) in [7, 11) is 0. The standard InChI is InChI=1S/C18H21F3N6/c1-4-9-22-14-7-5-13(6-8-14)10-23-15-11(2)12(3)16-24-25-17(18(19,20)21)27(16)26-15/h5-8,22H,4,9-10H2,1-3H3,(H,23,26). The number of nitrogens with one attached hydrogen (secondary N) is 2. The van der Waals surface area contributed by atoms with Gasteiger partial charge in [-0.25, -0.2) is 0 Å². The van der Waals surface area contributed by atoms with Crippen LogP contribution in [-0.4, -0.2) is 26.4 Å². The Balaban J connectivity index is 1.83. The number of aryl methyl sites for hydroxylation is 1. The zero-order valence-electron chi connectivity index (χ0n) is 15.4. The SMILES string of the molecule is CCCNc1ccc(CNc2nn3c(C(F)(F)F)nnc3c(C)c2C)cc1. The average molecular weight is 378 g/mol. The lowest BCUT2D eigenvalue weighted by molar-refractivity contribution is -0.146. The zero-order valence-corrected chi connectivity index (χ0v) is 15.4. The Morgan fingerprint density at radius 2 is 1.70 bits per heavy atom. The Labute approximate surface area is 154 Å². The minimum atomic E-state index is -4.62. The number of hydrogen-bond donors (Lipinski definition) is 2. The van der Waals surface area contributed by atoms with Crippen LogP contribution in [0.25, 0.3) is 5.65 Å². The van der Waals surface area contributed by atoms with E-state index < -0.39 is 12.0 Å². The van der Waals surface area contributed by atoms with Crippen LogP contribution in [0.5, 0.6) is 0 Å². The summed E-state index contributed by atoms with van der Waals surface area (Å²) in [5.74, 6) is -0.756. The summed E-state index contributed by atoms with van der Waals surface area (Å²) < 4.78 is 40.1. The highest BCUT2D eigenvalue weighted by molar-refractivity contribution is 5.58. The van der Waals surface area contributed by atoms with E-state index in [0.717, 1.165) is 34.3 Å². The van der Waals surface area contributed by atoms with Crippen LogP contribution >= 0.6 is 0 Å². The molecule has 6 nitrogen and oxygen atoms in total. The van der Waals surface area contributed by atoms with Gasteiger partial charge in [-0.1, -0.05) is 19.1 Å². The molecule has 1 aromatic carbocycles. The molecule has 2 aromatic heterocycles. The van der Waals surface area contributed by atoms with E-state index in [0.29, 0.717) is 17.9 Å². The quantitative estimate of drug-likeness (QED) is 0.673. The normalized spacial score (nSPS) is 11.8. The van der Waals surface area contributed by atoms with E-state index in [-0.39, 0.29) is 5.65 Å². The van der Waals surface area contributed by atoms with E-state index >= 15 is 0 Å². The van der Waals surface area contributed by atoms with Crippen LogP contribution < -0.4 is 10.6 Å². The predicted octanol–water partition coefficient (Wildman–Crippen LogP) is 4.19. The number of hydrogen-bond acceptors (Lipinski definition) is 5. The van der Waals surface area contributed by atoms with Gasteiger partial charge in [0, 0.05) is 24.3 Å². The van der Waals surface area contributed by atoms with Crippen LogP contribution in [0.3, 0.4) is 0 Å². The third-order valence-corrected chi connectivity index (χ3v) is 4.34. The van der Waals surface area contributed by atoms with Crippen LogP contribution in [0.4, 0.5) is 24.7 Å². The molecular formula is C18H21F3N6. The predicted molar refractivity (Wildman–Crippen MR) is 97.8 cm³/mol. The van der Waals surface area contributed by atoms with Crippen molar-refractivity contribution in [3.05, 3.63) is 46.8 Å². The highest BCUT2D eigenvalue weighted by Gasteiger charge is 2.38. The second kappa shape index (κ2) is 7.42. The Hall–Kier alpha value is -2.84. The molecule has 27 heavy (non-hydrogen) atoms. The van der Waals surface area contributed by atoms with E-state index in [1.165, 1.54) is 0 Å². The first-order valence-corrected chi connectivity index (χ1v) is 8.67. The highest BCUT2D eigenvalue weighted by atomic mass is 19.4. The number of anilines is 2. The van der Waals surface area contributed by atoms with Crippen molar-refractivity contribution in [2.75, 3.05) is 17.2 Å². The lowest BCUT2D eigenvalue weighted by Crippen LogP contribution is -2.15. The fraction of sp³-hybridized carbons (Fsp3) is 0.389. The van der Waals surface area contributed by atoms with E-state index in [1.807, 2.05) is 24.3 Å². The van der Waals surface area contributed by atoms with Gasteiger partial charge in [-0.3, -0.25) is 0 Å². The van der Waals surface area contributed by atoms with Crippen LogP contribution in [0.1, 0.15) is 35.9 Å². The van der Waals surface area contributed by atoms with Crippen molar-refractivity contribution < 1.29 is 13.2 Å². The highest BCUT2D eigenvalue weighted by Crippen LogP contribution is 2.29. The molecule has 9 heteroatoms. The number of rotatable bonds is 6. The van der Waals surface area contributed by atoms with Crippen molar-refractivity contribution in [1.29, 1.82) is 0 Å². The van der Waals surface area contributed by atoms with Gasteiger partial charge in [-0.2, -0.15) is 17.7 Å². The van der Waals surface area contributed by atoms with Gasteiger partial charge in [0.1, 0.15) is 0 Å². The molecule has 0 spiro atoms. The number of nitrogens with zero attached hydrogens (tertiary/aromatic N) is 4. The van der Waals surface area contributed by atoms with E-state index in [1.54, 1.807) is 13.8 Å². The largest absolute Gasteiger partial charge is 0.453 e. The molecule has 0 bridgehead atoms. The zero-order chi connectivity index (χ0) is 19.6. The first kappa shape index (κ1) is 18.9. The molecule has 2 N–H and O–H groups in total. The summed E-state index contributed by atoms with van der Waals surface area (Å²) in [6.07, 6.45) is -3.58. The van der Waals surface area contributed by atoms with Crippen LogP contribution in [0, 0.1) is 13.8 Å². The molecule has 0 unspecified atom stereocenters. The van der Waals surface area contributed by atoms with Crippen LogP contribution in [-0.2, 0) is 12.7 Å². The van der Waals surface area contributed by atoms with Crippen LogP contribution in [0.2, 0.25) is 0 Å². The molecule has 3 rings (SSSR count). The van der Waals surface area contributed by atoms with Crippen molar-refractivity contribution in [2.24, 2.45) is 0 Å². The molecule has 0 fully saturated rings. The van der Waals surface area contributed by atoms with Gasteiger partial charge in [0.25, 0.3) is 5.82 Å². The maximum absolute atomic E-state index is 13.1. The Kier molecular flexibility index (Phi) is 5.20. The summed E-state index contributed by atoms with van der Waals surface area (Å²) >= 11 is 0. The molecule has 0 saturated heterocycles. The average Bonchev–Trinajstić information content (AvgIpc) is 3.07. The third-order valence-electron chi connectivity index (χ3n) is 4.34. The number of alkyl halides is 3. The van der Waals surface area contributed by atoms with E-state index in [4.69, 9.17) is 0 Å². The molecule has 3 aromatic rings. The van der Waals surface area contributed by atoms with Gasteiger partial charge >= 0.3 is 6.18 Å². The maximum atomic E-state index is 13.1. The molecule has 0 atom stereocenters. The topological polar surface area (TPSA) is 67.1 Å². The Morgan fingerprint density at radius 1 is 1.00 bits per heavy atom. The fourth-order valence-electron chi connectivity index (χ4n) is 2.67. The third kappa shape index (κ3) is 3.96. The second-order valence-corrected chi connectivity index (χ2v) is 6.33. The molecule has 0 aliphatic carbocycles. The summed E-state index contributed by atoms with van der Waals surface area (Å²) in [5.41, 5.74) is 3.48. The smallest absolute Gasteiger partial charge is 0.385 e. The number of halogens is 3. The minimum absolute atomic E-state index is 0.108. The molecule has 2 heterocycles. The van der Waals surface area contributed by atoms with Gasteiger partial charge in [0.2, 0.25) is 0 Å². The van der Waals surface area contributed by atoms with Gasteiger partial charge < -0.3 is 10.6 Å². The van der Waals surface area contributed by atoms with Gasteiger partial charge in [-0.05, 0) is 43.5 Å². The summed E-state index contributed by atoms with van der Waals surface area (Å²) in [4.78, 5) is 0. The Bertz CT molecular complexity index is 931. The molecule has 0 radical (unpaired) electrons. The van der Waals surface area contributed by atoms with Gasteiger partial charge in [-0.15, -0.1) is 15.3 Å². The summed E-state index contributed by atoms with van der Waals surface area (Å²) in [6.45, 7) is 6.95. The molecule has 0 aliphatic rings. The monoisotopic (exact) mass is 378 g/mol. The summed E-state index contributed by atoms with van der Waals surface area (Å²) in [6, 6.07) is 7.88. The lowest BCUT2D eigenvalue weighted by atomic mass is 10.1. The fourth-order valence-corrected chi connectivity index (χ4v) is 2.67. The van der Waals surface area contributed by atoms with Crippen molar-refractivity contribution in [2.45, 2.75) is 39.9 Å². The molecule has 0 aliphatic heterocycles. The second-order valence-electron chi connectivity index (χ2n) is 6.33. The van der Waals surface area contributed by atoms with Crippen molar-refractivity contribution in [1.82, 2.24) is 19.8 Å². The van der Waals surface area contributed by atoms with Crippen molar-refractivity contribution in [3.63, 3.8) is 0 Å². The maximum Gasteiger partial charge on any atom is 0.453 e. The van der Waals surface area contributed by atoms with Crippen LogP contribution in [0.15, 0.2) is 24.3 Å². The number of benzene rings is 1. The first-order chi connectivity index (χ1) is 12.8. The summed E-state index contributed by atoms with van der Waals surface area (Å²) in [5, 5.41) is 17.4. The van der Waals surface area contributed by atoms with Gasteiger partial charge in [0.05, 0.1) is 0 Å². The van der Waals surface area contributed by atoms with Crippen molar-refractivity contribution >= 4 is 17.2 Å². The molecule has 0 amide bonds. The van der Waals surface area contributed by atoms with Gasteiger partial charge in [0.15, 0.2) is 11.5 Å².